The van der Waals surface area contributed by atoms with E-state index in [4.69, 9.17) is 0 Å². The average Bonchev–Trinajstić information content (AvgIpc) is 3.61. The molecule has 0 atom stereocenters. The van der Waals surface area contributed by atoms with Crippen LogP contribution >= 0.6 is 0 Å². The maximum atomic E-state index is 2.58. The molecule has 150 valence electrons. The lowest BCUT2D eigenvalue weighted by Gasteiger charge is -2.37. The van der Waals surface area contributed by atoms with E-state index in [0.717, 1.165) is 0 Å². The van der Waals surface area contributed by atoms with Crippen LogP contribution in [0, 0.1) is 0 Å². The quantitative estimate of drug-likeness (QED) is 0.389. The van der Waals surface area contributed by atoms with Gasteiger partial charge in [-0.3, -0.25) is 0 Å². The molecule has 33 heavy (non-hydrogen) atoms. The smallest absolute Gasteiger partial charge is 0.199 e. The zero-order valence-corrected chi connectivity index (χ0v) is 17.5. The average molecular weight is 420 g/mol. The summed E-state index contributed by atoms with van der Waals surface area (Å²) >= 11 is 0. The molecule has 0 fully saturated rings. The van der Waals surface area contributed by atoms with Crippen molar-refractivity contribution in [1.82, 2.24) is 9.13 Å². The number of nitrogens with zero attached hydrogens (tertiary/aromatic N) is 4. The lowest BCUT2D eigenvalue weighted by atomic mass is 10.0. The van der Waals surface area contributed by atoms with Gasteiger partial charge in [0.2, 0.25) is 22.8 Å². The van der Waals surface area contributed by atoms with Gasteiger partial charge in [0, 0.05) is 24.3 Å². The Kier molecular flexibility index (Phi) is 2.11. The summed E-state index contributed by atoms with van der Waals surface area (Å²) in [5, 5.41) is 2.49. The van der Waals surface area contributed by atoms with Gasteiger partial charge in [0.25, 0.3) is 0 Å². The molecule has 0 aliphatic carbocycles. The summed E-state index contributed by atoms with van der Waals surface area (Å²) < 4.78 is 10.2. The van der Waals surface area contributed by atoms with E-state index in [2.05, 4.69) is 115 Å². The molecule has 0 radical (unpaired) electrons. The van der Waals surface area contributed by atoms with Gasteiger partial charge in [-0.25, -0.2) is 0 Å². The zero-order valence-electron chi connectivity index (χ0n) is 17.5. The number of benzene rings is 2. The number of hydrogen-bond acceptors (Lipinski definition) is 0. The van der Waals surface area contributed by atoms with Crippen molar-refractivity contribution >= 4 is 47.1 Å². The van der Waals surface area contributed by atoms with E-state index in [9.17, 15) is 0 Å². The molecule has 2 aromatic carbocycles. The predicted octanol–water partition coefficient (Wildman–Crippen LogP) is 2.65. The van der Waals surface area contributed by atoms with E-state index in [1.165, 1.54) is 67.2 Å². The van der Waals surface area contributed by atoms with Crippen molar-refractivity contribution in [2.24, 2.45) is 0 Å². The largest absolute Gasteiger partial charge is 0.553 e. The van der Waals surface area contributed by atoms with Crippen LogP contribution in [0.3, 0.4) is 0 Å². The summed E-state index contributed by atoms with van der Waals surface area (Å²) in [6, 6.07) is 26.8. The maximum absolute atomic E-state index is 2.58. The van der Waals surface area contributed by atoms with Crippen LogP contribution in [0.5, 0.6) is 0 Å². The first-order valence-electron chi connectivity index (χ1n) is 11.5. The number of rotatable bonds is 0. The summed E-state index contributed by atoms with van der Waals surface area (Å²) in [4.78, 5) is 0. The fourth-order valence-electron chi connectivity index (χ4n) is 7.06. The summed E-state index contributed by atoms with van der Waals surface area (Å²) in [6.07, 6.45) is 9.45. The molecule has 2 aromatic heterocycles. The Morgan fingerprint density at radius 2 is 0.970 bits per heavy atom. The summed E-state index contributed by atoms with van der Waals surface area (Å²) in [5.41, 5.74) is 12.8. The zero-order chi connectivity index (χ0) is 21.1. The minimum atomic E-state index is -0.553. The van der Waals surface area contributed by atoms with Crippen molar-refractivity contribution in [3.05, 3.63) is 117 Å². The summed E-state index contributed by atoms with van der Waals surface area (Å²) in [5.74, 6) is -0.553. The van der Waals surface area contributed by atoms with Crippen LogP contribution in [0.1, 0.15) is 33.6 Å². The Bertz CT molecular complexity index is 1830. The van der Waals surface area contributed by atoms with Gasteiger partial charge in [-0.15, -0.1) is 0 Å². The first-order valence-corrected chi connectivity index (χ1v) is 11.5. The Balaban J connectivity index is 1.53. The molecule has 4 heteroatoms. The van der Waals surface area contributed by atoms with Gasteiger partial charge >= 0.3 is 5.91 Å². The fourth-order valence-corrected chi connectivity index (χ4v) is 7.06. The Labute approximate surface area is 188 Å². The lowest BCUT2D eigenvalue weighted by molar-refractivity contribution is -0.805. The molecule has 0 N–H and O–H groups in total. The molecular formula is C29H16N4+2. The van der Waals surface area contributed by atoms with Crippen molar-refractivity contribution in [3.8, 4) is 0 Å². The van der Waals surface area contributed by atoms with Crippen molar-refractivity contribution < 1.29 is 9.15 Å². The SMILES string of the molecule is C1=C2c3ccccc3C3=[N+]2C24n5c1ccc5C=C1c5ccccc5C(=[N+]12)C=c1ccc(n14)=C3. The molecule has 4 aromatic rings. The normalized spacial score (nSPS) is 19.8. The van der Waals surface area contributed by atoms with Crippen LogP contribution in [0.25, 0.3) is 35.7 Å². The summed E-state index contributed by atoms with van der Waals surface area (Å²) in [7, 11) is 0. The van der Waals surface area contributed by atoms with Crippen LogP contribution in [0.4, 0.5) is 0 Å². The molecule has 1 spiro atoms. The third-order valence-corrected chi connectivity index (χ3v) is 8.14. The predicted molar refractivity (Wildman–Crippen MR) is 128 cm³/mol. The third-order valence-electron chi connectivity index (χ3n) is 8.14. The Morgan fingerprint density at radius 1 is 0.485 bits per heavy atom. The fraction of sp³-hybridized carbons (Fsp3) is 0.0345. The molecule has 6 aliphatic rings. The van der Waals surface area contributed by atoms with E-state index < -0.39 is 5.91 Å². The second kappa shape index (κ2) is 4.52. The van der Waals surface area contributed by atoms with Crippen molar-refractivity contribution in [2.75, 3.05) is 0 Å². The minimum absolute atomic E-state index is 0.553. The Hall–Kier alpha value is -4.44. The monoisotopic (exact) mass is 420 g/mol. The van der Waals surface area contributed by atoms with Crippen LogP contribution in [0.15, 0.2) is 72.8 Å². The van der Waals surface area contributed by atoms with Gasteiger partial charge in [-0.1, -0.05) is 33.4 Å². The first kappa shape index (κ1) is 15.4. The van der Waals surface area contributed by atoms with Gasteiger partial charge in [-0.2, -0.15) is 9.13 Å². The number of fused-ring (bicyclic) bond motifs is 6. The van der Waals surface area contributed by atoms with Gasteiger partial charge in [0.15, 0.2) is 0 Å². The summed E-state index contributed by atoms with van der Waals surface area (Å²) in [6.45, 7) is 0. The molecule has 8 heterocycles. The van der Waals surface area contributed by atoms with E-state index in [1.807, 2.05) is 0 Å². The van der Waals surface area contributed by atoms with Gasteiger partial charge in [-0.05, 0) is 48.5 Å². The lowest BCUT2D eigenvalue weighted by Crippen LogP contribution is -2.69. The van der Waals surface area contributed by atoms with Crippen molar-refractivity contribution in [1.29, 1.82) is 0 Å². The highest BCUT2D eigenvalue weighted by Crippen LogP contribution is 2.50. The minimum Gasteiger partial charge on any atom is -0.199 e. The standard InChI is InChI=1S/C29H16N4/c1-2-6-22-21(5-1)25-13-17-9-10-19-15-27-23-7-3-4-8-24(23)28-16-20-12-11-18-14-26(22)32(25)29(30(17)19,31(18)20)33(27)28/h1-16H/q+2. The van der Waals surface area contributed by atoms with E-state index >= 15 is 0 Å². The maximum Gasteiger partial charge on any atom is 0.553 e. The second-order valence-corrected chi connectivity index (χ2v) is 9.52. The topological polar surface area (TPSA) is 15.9 Å². The molecule has 0 bridgehead atoms. The highest BCUT2D eigenvalue weighted by Gasteiger charge is 2.71. The van der Waals surface area contributed by atoms with Crippen LogP contribution in [-0.4, -0.2) is 29.7 Å². The molecule has 6 aliphatic heterocycles. The molecule has 10 rings (SSSR count). The second-order valence-electron chi connectivity index (χ2n) is 9.52. The highest BCUT2D eigenvalue weighted by molar-refractivity contribution is 6.25. The number of aromatic nitrogens is 2. The van der Waals surface area contributed by atoms with Crippen LogP contribution < -0.4 is 10.7 Å². The van der Waals surface area contributed by atoms with Crippen molar-refractivity contribution in [2.45, 2.75) is 5.91 Å². The van der Waals surface area contributed by atoms with Gasteiger partial charge < -0.3 is 0 Å². The molecule has 0 saturated heterocycles. The number of hydrogen-bond donors (Lipinski definition) is 0. The highest BCUT2D eigenvalue weighted by atomic mass is 15.6. The molecule has 0 amide bonds. The van der Waals surface area contributed by atoms with E-state index in [-0.39, 0.29) is 0 Å². The third kappa shape index (κ3) is 1.35. The van der Waals surface area contributed by atoms with E-state index in [0.29, 0.717) is 0 Å². The van der Waals surface area contributed by atoms with Gasteiger partial charge in [0.05, 0.1) is 44.3 Å². The molecule has 0 unspecified atom stereocenters. The van der Waals surface area contributed by atoms with Crippen LogP contribution in [-0.2, 0) is 5.91 Å². The Morgan fingerprint density at radius 3 is 1.48 bits per heavy atom. The van der Waals surface area contributed by atoms with Crippen LogP contribution in [0.2, 0.25) is 0 Å². The van der Waals surface area contributed by atoms with Crippen molar-refractivity contribution in [3.63, 3.8) is 0 Å². The van der Waals surface area contributed by atoms with E-state index in [1.54, 1.807) is 0 Å². The molecule has 4 nitrogen and oxygen atoms in total. The molecular weight excluding hydrogens is 404 g/mol. The van der Waals surface area contributed by atoms with Gasteiger partial charge in [0.1, 0.15) is 0 Å². The first-order chi connectivity index (χ1) is 16.4. The molecule has 0 saturated carbocycles.